The number of hydrogen-bond donors (Lipinski definition) is 2. The molecule has 0 saturated carbocycles. The smallest absolute Gasteiger partial charge is 0.224 e. The molecule has 2 rings (SSSR count). The molecule has 98 valence electrons. The van der Waals surface area contributed by atoms with Crippen LogP contribution in [0.5, 0.6) is 0 Å². The van der Waals surface area contributed by atoms with Crippen molar-refractivity contribution in [3.8, 4) is 0 Å². The summed E-state index contributed by atoms with van der Waals surface area (Å²) in [6, 6.07) is 7.38. The Balaban J connectivity index is 1.76. The van der Waals surface area contributed by atoms with Crippen LogP contribution in [0.3, 0.4) is 0 Å². The average Bonchev–Trinajstić information content (AvgIpc) is 2.40. The molecule has 1 saturated heterocycles. The molecule has 1 aliphatic rings. The van der Waals surface area contributed by atoms with Crippen LogP contribution in [-0.4, -0.2) is 38.3 Å². The third-order valence-electron chi connectivity index (χ3n) is 2.84. The summed E-state index contributed by atoms with van der Waals surface area (Å²) in [4.78, 5) is 11.8. The van der Waals surface area contributed by atoms with Crippen LogP contribution in [0.25, 0.3) is 0 Å². The summed E-state index contributed by atoms with van der Waals surface area (Å²) in [6.45, 7) is 2.90. The highest BCUT2D eigenvalue weighted by molar-refractivity contribution is 6.31. The summed E-state index contributed by atoms with van der Waals surface area (Å²) in [7, 11) is 0. The van der Waals surface area contributed by atoms with E-state index >= 15 is 0 Å². The topological polar surface area (TPSA) is 50.4 Å². The monoisotopic (exact) mass is 268 g/mol. The Hall–Kier alpha value is -1.10. The second-order valence-electron chi connectivity index (χ2n) is 4.27. The molecule has 1 aromatic rings. The van der Waals surface area contributed by atoms with Crippen molar-refractivity contribution in [2.45, 2.75) is 12.5 Å². The first-order chi connectivity index (χ1) is 8.75. The van der Waals surface area contributed by atoms with Gasteiger partial charge >= 0.3 is 0 Å². The minimum atomic E-state index is -0.0303. The third-order valence-corrected chi connectivity index (χ3v) is 3.21. The van der Waals surface area contributed by atoms with E-state index in [1.54, 1.807) is 6.07 Å². The molecule has 0 radical (unpaired) electrons. The van der Waals surface area contributed by atoms with Gasteiger partial charge in [-0.05, 0) is 11.6 Å². The van der Waals surface area contributed by atoms with Crippen molar-refractivity contribution < 1.29 is 9.53 Å². The van der Waals surface area contributed by atoms with Gasteiger partial charge in [-0.1, -0.05) is 29.8 Å². The first kappa shape index (κ1) is 13.3. The van der Waals surface area contributed by atoms with Crippen molar-refractivity contribution in [1.82, 2.24) is 10.6 Å². The SMILES string of the molecule is O=C(Cc1ccccc1Cl)NCC1CNCCO1. The third kappa shape index (κ3) is 3.98. The number of rotatable bonds is 4. The number of hydrogen-bond acceptors (Lipinski definition) is 3. The molecule has 1 atom stereocenters. The van der Waals surface area contributed by atoms with E-state index in [1.165, 1.54) is 0 Å². The normalized spacial score (nSPS) is 19.5. The molecule has 0 aromatic heterocycles. The van der Waals surface area contributed by atoms with Crippen LogP contribution in [0, 0.1) is 0 Å². The minimum absolute atomic E-state index is 0.0303. The molecule has 4 nitrogen and oxygen atoms in total. The summed E-state index contributed by atoms with van der Waals surface area (Å²) in [5.41, 5.74) is 0.847. The Kier molecular flexibility index (Phi) is 4.99. The summed E-state index contributed by atoms with van der Waals surface area (Å²) in [5.74, 6) is -0.0303. The standard InChI is InChI=1S/C13H17ClN2O2/c14-12-4-2-1-3-10(12)7-13(17)16-9-11-8-15-5-6-18-11/h1-4,11,15H,5-9H2,(H,16,17). The fourth-order valence-corrected chi connectivity index (χ4v) is 2.06. The van der Waals surface area contributed by atoms with E-state index in [-0.39, 0.29) is 12.0 Å². The fourth-order valence-electron chi connectivity index (χ4n) is 1.86. The average molecular weight is 269 g/mol. The number of morpholine rings is 1. The summed E-state index contributed by atoms with van der Waals surface area (Å²) < 4.78 is 5.50. The Morgan fingerprint density at radius 3 is 3.06 bits per heavy atom. The highest BCUT2D eigenvalue weighted by atomic mass is 35.5. The van der Waals surface area contributed by atoms with Crippen molar-refractivity contribution in [3.63, 3.8) is 0 Å². The van der Waals surface area contributed by atoms with Crippen molar-refractivity contribution >= 4 is 17.5 Å². The Morgan fingerprint density at radius 2 is 2.33 bits per heavy atom. The molecule has 18 heavy (non-hydrogen) atoms. The number of halogens is 1. The first-order valence-electron chi connectivity index (χ1n) is 6.08. The zero-order valence-electron chi connectivity index (χ0n) is 10.1. The highest BCUT2D eigenvalue weighted by Crippen LogP contribution is 2.15. The molecule has 1 amide bonds. The molecule has 1 fully saturated rings. The molecule has 1 aromatic carbocycles. The highest BCUT2D eigenvalue weighted by Gasteiger charge is 2.14. The number of nitrogens with one attached hydrogen (secondary N) is 2. The number of benzene rings is 1. The van der Waals surface area contributed by atoms with Crippen LogP contribution in [0.1, 0.15) is 5.56 Å². The Labute approximate surface area is 112 Å². The first-order valence-corrected chi connectivity index (χ1v) is 6.46. The quantitative estimate of drug-likeness (QED) is 0.856. The van der Waals surface area contributed by atoms with Gasteiger partial charge in [0.1, 0.15) is 0 Å². The lowest BCUT2D eigenvalue weighted by atomic mass is 10.1. The van der Waals surface area contributed by atoms with E-state index in [2.05, 4.69) is 10.6 Å². The van der Waals surface area contributed by atoms with E-state index in [9.17, 15) is 4.79 Å². The summed E-state index contributed by atoms with van der Waals surface area (Å²) in [6.07, 6.45) is 0.369. The predicted octanol–water partition coefficient (Wildman–Crippen LogP) is 0.987. The van der Waals surface area contributed by atoms with Gasteiger partial charge in [-0.25, -0.2) is 0 Å². The maximum Gasteiger partial charge on any atom is 0.224 e. The molecule has 1 aliphatic heterocycles. The lowest BCUT2D eigenvalue weighted by Crippen LogP contribution is -2.45. The van der Waals surface area contributed by atoms with Gasteiger partial charge in [-0.2, -0.15) is 0 Å². The van der Waals surface area contributed by atoms with Crippen LogP contribution in [0.2, 0.25) is 5.02 Å². The lowest BCUT2D eigenvalue weighted by Gasteiger charge is -2.23. The van der Waals surface area contributed by atoms with Gasteiger partial charge in [-0.15, -0.1) is 0 Å². The van der Waals surface area contributed by atoms with Gasteiger partial charge in [-0.3, -0.25) is 4.79 Å². The summed E-state index contributed by atoms with van der Waals surface area (Å²) >= 11 is 6.00. The van der Waals surface area contributed by atoms with Gasteiger partial charge in [0.05, 0.1) is 19.1 Å². The second kappa shape index (κ2) is 6.73. The van der Waals surface area contributed by atoms with E-state index in [0.717, 1.165) is 18.7 Å². The molecule has 1 heterocycles. The maximum atomic E-state index is 11.8. The number of carbonyl (C=O) groups is 1. The van der Waals surface area contributed by atoms with Crippen LogP contribution < -0.4 is 10.6 Å². The van der Waals surface area contributed by atoms with Crippen LogP contribution in [0.15, 0.2) is 24.3 Å². The summed E-state index contributed by atoms with van der Waals surface area (Å²) in [5, 5.41) is 6.71. The van der Waals surface area contributed by atoms with Crippen molar-refractivity contribution in [1.29, 1.82) is 0 Å². The second-order valence-corrected chi connectivity index (χ2v) is 4.68. The van der Waals surface area contributed by atoms with Gasteiger partial charge in [0.15, 0.2) is 0 Å². The molecule has 0 aliphatic carbocycles. The van der Waals surface area contributed by atoms with E-state index in [0.29, 0.717) is 24.6 Å². The minimum Gasteiger partial charge on any atom is -0.374 e. The number of ether oxygens (including phenoxy) is 1. The Bertz CT molecular complexity index is 406. The van der Waals surface area contributed by atoms with Crippen molar-refractivity contribution in [3.05, 3.63) is 34.9 Å². The Morgan fingerprint density at radius 1 is 1.50 bits per heavy atom. The zero-order valence-corrected chi connectivity index (χ0v) is 10.9. The predicted molar refractivity (Wildman–Crippen MR) is 70.8 cm³/mol. The van der Waals surface area contributed by atoms with Crippen LogP contribution in [0.4, 0.5) is 0 Å². The fraction of sp³-hybridized carbons (Fsp3) is 0.462. The van der Waals surface area contributed by atoms with Crippen LogP contribution in [-0.2, 0) is 16.0 Å². The molecule has 1 unspecified atom stereocenters. The largest absolute Gasteiger partial charge is 0.374 e. The molecule has 2 N–H and O–H groups in total. The number of amides is 1. The van der Waals surface area contributed by atoms with Crippen molar-refractivity contribution in [2.24, 2.45) is 0 Å². The molecular weight excluding hydrogens is 252 g/mol. The van der Waals surface area contributed by atoms with Crippen LogP contribution >= 0.6 is 11.6 Å². The van der Waals surface area contributed by atoms with Gasteiger partial charge in [0.2, 0.25) is 5.91 Å². The maximum absolute atomic E-state index is 11.8. The van der Waals surface area contributed by atoms with E-state index in [4.69, 9.17) is 16.3 Å². The lowest BCUT2D eigenvalue weighted by molar-refractivity contribution is -0.121. The van der Waals surface area contributed by atoms with E-state index in [1.807, 2.05) is 18.2 Å². The van der Waals surface area contributed by atoms with Gasteiger partial charge in [0, 0.05) is 24.7 Å². The zero-order chi connectivity index (χ0) is 12.8. The molecule has 5 heteroatoms. The number of carbonyl (C=O) groups excluding carboxylic acids is 1. The van der Waals surface area contributed by atoms with Gasteiger partial charge in [0.25, 0.3) is 0 Å². The van der Waals surface area contributed by atoms with Crippen molar-refractivity contribution in [2.75, 3.05) is 26.2 Å². The van der Waals surface area contributed by atoms with Gasteiger partial charge < -0.3 is 15.4 Å². The molecule has 0 bridgehead atoms. The molecular formula is C13H17ClN2O2. The molecule has 0 spiro atoms. The van der Waals surface area contributed by atoms with E-state index < -0.39 is 0 Å².